The van der Waals surface area contributed by atoms with Crippen LogP contribution >= 0.6 is 11.3 Å². The number of hydrogen-bond donors (Lipinski definition) is 4. The lowest BCUT2D eigenvalue weighted by Gasteiger charge is -2.03. The van der Waals surface area contributed by atoms with E-state index in [0.29, 0.717) is 17.6 Å². The predicted molar refractivity (Wildman–Crippen MR) is 106 cm³/mol. The quantitative estimate of drug-likeness (QED) is 0.343. The summed E-state index contributed by atoms with van der Waals surface area (Å²) in [4.78, 5) is 21.5. The molecule has 3 aromatic heterocycles. The minimum Gasteiger partial charge on any atom is -0.383 e. The number of pyridine rings is 1. The third-order valence-corrected chi connectivity index (χ3v) is 5.27. The first-order chi connectivity index (χ1) is 13.6. The third kappa shape index (κ3) is 4.17. The van der Waals surface area contributed by atoms with Crippen LogP contribution in [0, 0.1) is 5.53 Å². The van der Waals surface area contributed by atoms with E-state index in [1.54, 1.807) is 6.20 Å². The van der Waals surface area contributed by atoms with Gasteiger partial charge in [0, 0.05) is 29.7 Å². The number of amides is 1. The van der Waals surface area contributed by atoms with E-state index in [4.69, 9.17) is 11.3 Å². The van der Waals surface area contributed by atoms with E-state index in [2.05, 4.69) is 38.0 Å². The van der Waals surface area contributed by atoms with Crippen molar-refractivity contribution in [3.05, 3.63) is 58.8 Å². The molecule has 3 aromatic rings. The number of carbonyl (C=O) groups excluding carboxylic acids is 1. The molecule has 9 nitrogen and oxygen atoms in total. The number of hydrogen-bond acceptors (Lipinski definition) is 8. The molecule has 0 bridgehead atoms. The summed E-state index contributed by atoms with van der Waals surface area (Å²) in [5.74, 6) is 0.246. The number of fused-ring (bicyclic) bond motifs is 1. The van der Waals surface area contributed by atoms with Gasteiger partial charge in [-0.1, -0.05) is 6.07 Å². The number of nitrogens with one attached hydrogen (secondary N) is 3. The van der Waals surface area contributed by atoms with Crippen molar-refractivity contribution in [2.45, 2.75) is 31.8 Å². The second-order valence-electron chi connectivity index (χ2n) is 6.60. The van der Waals surface area contributed by atoms with Crippen molar-refractivity contribution in [3.8, 4) is 0 Å². The molecule has 3 heterocycles. The monoisotopic (exact) mass is 396 g/mol. The average molecular weight is 396 g/mol. The zero-order valence-electron chi connectivity index (χ0n) is 15.1. The van der Waals surface area contributed by atoms with E-state index in [0.717, 1.165) is 16.2 Å². The van der Waals surface area contributed by atoms with Gasteiger partial charge in [0.2, 0.25) is 0 Å². The highest BCUT2D eigenvalue weighted by Gasteiger charge is 2.23. The van der Waals surface area contributed by atoms with Crippen molar-refractivity contribution in [1.82, 2.24) is 25.0 Å². The molecule has 10 heteroatoms. The number of anilines is 1. The average Bonchev–Trinajstić information content (AvgIpc) is 3.34. The summed E-state index contributed by atoms with van der Waals surface area (Å²) in [6, 6.07) is 4.16. The van der Waals surface area contributed by atoms with Crippen LogP contribution < -0.4 is 16.4 Å². The van der Waals surface area contributed by atoms with Gasteiger partial charge < -0.3 is 20.8 Å². The summed E-state index contributed by atoms with van der Waals surface area (Å²) in [6.07, 6.45) is 9.65. The Morgan fingerprint density at radius 1 is 1.39 bits per heavy atom. The van der Waals surface area contributed by atoms with Gasteiger partial charge in [0.25, 0.3) is 5.91 Å². The summed E-state index contributed by atoms with van der Waals surface area (Å²) in [6.45, 7) is 0.717. The normalized spacial score (nSPS) is 14.2. The molecule has 144 valence electrons. The number of rotatable bonds is 8. The van der Waals surface area contributed by atoms with Crippen LogP contribution in [0.1, 0.15) is 34.9 Å². The summed E-state index contributed by atoms with van der Waals surface area (Å²) >= 11 is 1.30. The van der Waals surface area contributed by atoms with E-state index in [-0.39, 0.29) is 12.2 Å². The fourth-order valence-electron chi connectivity index (χ4n) is 2.87. The number of carbonyl (C=O) groups is 1. The minimum absolute atomic E-state index is 0.0164. The molecule has 0 saturated heterocycles. The minimum atomic E-state index is -0.446. The molecule has 1 amide bonds. The first-order valence-electron chi connectivity index (χ1n) is 8.89. The maximum absolute atomic E-state index is 12.1. The highest BCUT2D eigenvalue weighted by molar-refractivity contribution is 7.15. The van der Waals surface area contributed by atoms with Crippen LogP contribution in [-0.4, -0.2) is 20.3 Å². The van der Waals surface area contributed by atoms with Crippen LogP contribution in [-0.2, 0) is 17.9 Å². The summed E-state index contributed by atoms with van der Waals surface area (Å²) < 4.78 is 2.03. The highest BCUT2D eigenvalue weighted by atomic mass is 32.1. The fraction of sp³-hybridized carbons (Fsp3) is 0.278. The van der Waals surface area contributed by atoms with Gasteiger partial charge in [-0.25, -0.2) is 15.5 Å². The molecule has 0 radical (unpaired) electrons. The molecule has 1 saturated carbocycles. The second kappa shape index (κ2) is 7.77. The number of nitrogens with zero attached hydrogens (tertiary/aromatic N) is 4. The Morgan fingerprint density at radius 2 is 2.25 bits per heavy atom. The second-order valence-corrected chi connectivity index (χ2v) is 7.75. The Morgan fingerprint density at radius 3 is 2.96 bits per heavy atom. The van der Waals surface area contributed by atoms with Gasteiger partial charge in [-0.2, -0.15) is 5.11 Å². The SMILES string of the molecule is N=N/C(=C\NCc1cn2cc(C3CC3)ccc2n1)C(=O)NCc1cnc(N)s1. The molecule has 4 rings (SSSR count). The fourth-order valence-corrected chi connectivity index (χ4v) is 3.49. The van der Waals surface area contributed by atoms with E-state index in [1.165, 1.54) is 35.9 Å². The number of thiazole rings is 1. The molecule has 0 unspecified atom stereocenters. The Kier molecular flexibility index (Phi) is 5.02. The number of imidazole rings is 1. The zero-order chi connectivity index (χ0) is 19.5. The molecule has 28 heavy (non-hydrogen) atoms. The predicted octanol–water partition coefficient (Wildman–Crippen LogP) is 2.53. The molecule has 0 aromatic carbocycles. The van der Waals surface area contributed by atoms with Crippen LogP contribution in [0.2, 0.25) is 0 Å². The van der Waals surface area contributed by atoms with Crippen molar-refractivity contribution in [1.29, 1.82) is 5.53 Å². The van der Waals surface area contributed by atoms with E-state index < -0.39 is 5.91 Å². The highest BCUT2D eigenvalue weighted by Crippen LogP contribution is 2.39. The maximum Gasteiger partial charge on any atom is 0.273 e. The van der Waals surface area contributed by atoms with Crippen molar-refractivity contribution in [2.75, 3.05) is 5.73 Å². The van der Waals surface area contributed by atoms with Gasteiger partial charge in [-0.05, 0) is 30.4 Å². The molecule has 0 aliphatic heterocycles. The van der Waals surface area contributed by atoms with Crippen molar-refractivity contribution < 1.29 is 4.79 Å². The number of nitrogen functional groups attached to an aromatic ring is 1. The Bertz CT molecular complexity index is 1050. The van der Waals surface area contributed by atoms with E-state index in [9.17, 15) is 4.79 Å². The maximum atomic E-state index is 12.1. The van der Waals surface area contributed by atoms with Crippen LogP contribution in [0.15, 0.2) is 47.7 Å². The molecule has 1 aliphatic rings. The Hall–Kier alpha value is -3.27. The van der Waals surface area contributed by atoms with Crippen molar-refractivity contribution in [2.24, 2.45) is 5.11 Å². The Labute approximate surface area is 165 Å². The largest absolute Gasteiger partial charge is 0.383 e. The number of nitrogens with two attached hydrogens (primary N) is 1. The molecule has 0 atom stereocenters. The van der Waals surface area contributed by atoms with Gasteiger partial charge in [0.1, 0.15) is 5.65 Å². The van der Waals surface area contributed by atoms with Crippen molar-refractivity contribution >= 4 is 28.0 Å². The van der Waals surface area contributed by atoms with Crippen molar-refractivity contribution in [3.63, 3.8) is 0 Å². The van der Waals surface area contributed by atoms with Crippen LogP contribution in [0.4, 0.5) is 5.13 Å². The van der Waals surface area contributed by atoms with Crippen LogP contribution in [0.25, 0.3) is 5.65 Å². The summed E-state index contributed by atoms with van der Waals surface area (Å²) in [5, 5.41) is 9.43. The first-order valence-corrected chi connectivity index (χ1v) is 9.71. The van der Waals surface area contributed by atoms with Crippen LogP contribution in [0.5, 0.6) is 0 Å². The standard InChI is InChI=1S/C18H20N8OS/c19-18-23-7-14(28-18)6-22-17(27)15(25-20)8-21-5-13-10-26-9-12(11-1-2-11)3-4-16(26)24-13/h3-4,7-11,20-21H,1-2,5-6H2,(H2,19,23)(H,22,27)/b15-8-,25-20?. The van der Waals surface area contributed by atoms with E-state index >= 15 is 0 Å². The lowest BCUT2D eigenvalue weighted by Crippen LogP contribution is -2.24. The molecular weight excluding hydrogens is 376 g/mol. The van der Waals surface area contributed by atoms with Gasteiger partial charge >= 0.3 is 0 Å². The molecule has 1 aliphatic carbocycles. The molecular formula is C18H20N8OS. The molecule has 5 N–H and O–H groups in total. The third-order valence-electron chi connectivity index (χ3n) is 4.44. The first kappa shape index (κ1) is 18.1. The topological polar surface area (TPSA) is 134 Å². The van der Waals surface area contributed by atoms with Gasteiger partial charge in [0.05, 0.1) is 18.8 Å². The van der Waals surface area contributed by atoms with Gasteiger partial charge in [0.15, 0.2) is 10.8 Å². The summed E-state index contributed by atoms with van der Waals surface area (Å²) in [5.41, 5.74) is 15.8. The summed E-state index contributed by atoms with van der Waals surface area (Å²) in [7, 11) is 0. The molecule has 1 fully saturated rings. The molecule has 0 spiro atoms. The van der Waals surface area contributed by atoms with Gasteiger partial charge in [-0.3, -0.25) is 4.79 Å². The van der Waals surface area contributed by atoms with Crippen LogP contribution in [0.3, 0.4) is 0 Å². The van der Waals surface area contributed by atoms with Gasteiger partial charge in [-0.15, -0.1) is 11.3 Å². The number of aromatic nitrogens is 3. The Balaban J connectivity index is 1.34. The lowest BCUT2D eigenvalue weighted by molar-refractivity contribution is -0.117. The lowest BCUT2D eigenvalue weighted by atomic mass is 10.2. The zero-order valence-corrected chi connectivity index (χ0v) is 15.9. The smallest absolute Gasteiger partial charge is 0.273 e. The van der Waals surface area contributed by atoms with E-state index in [1.807, 2.05) is 16.7 Å².